The van der Waals surface area contributed by atoms with Crippen LogP contribution in [-0.4, -0.2) is 16.4 Å². The largest absolute Gasteiger partial charge is 0.503 e. The van der Waals surface area contributed by atoms with Crippen molar-refractivity contribution >= 4 is 6.16 Å². The molecule has 0 aromatic rings. The molecule has 0 saturated carbocycles. The van der Waals surface area contributed by atoms with E-state index in [0.29, 0.717) is 0 Å². The van der Waals surface area contributed by atoms with E-state index in [9.17, 15) is 0 Å². The van der Waals surface area contributed by atoms with Crippen LogP contribution in [0.15, 0.2) is 0 Å². The molecule has 0 fully saturated rings. The molecule has 0 aromatic heterocycles. The molecule has 0 rings (SSSR count). The second-order valence-electron chi connectivity index (χ2n) is 0.283. The van der Waals surface area contributed by atoms with Gasteiger partial charge in [-0.25, -0.2) is 4.79 Å². The van der Waals surface area contributed by atoms with Gasteiger partial charge in [-0.05, 0) is 0 Å². The maximum Gasteiger partial charge on any atom is 0.503 e. The number of carboxylic acid groups (broad SMARTS) is 2. The minimum atomic E-state index is -1.83. The van der Waals surface area contributed by atoms with E-state index in [-0.39, 0.29) is 12.3 Å². The van der Waals surface area contributed by atoms with Crippen LogP contribution >= 0.6 is 0 Å². The number of nitrogens with two attached hydrogens (primary N) is 2. The summed E-state index contributed by atoms with van der Waals surface area (Å²) in [6, 6.07) is 0. The Hall–Kier alpha value is -0.890. The summed E-state index contributed by atoms with van der Waals surface area (Å²) in [5.41, 5.74) is 0. The molecule has 0 heterocycles. The highest BCUT2D eigenvalue weighted by molar-refractivity contribution is 5.53. The fourth-order valence-electron chi connectivity index (χ4n) is 0. The van der Waals surface area contributed by atoms with Crippen LogP contribution in [0.25, 0.3) is 0 Å². The lowest BCUT2D eigenvalue weighted by Gasteiger charge is -1.60. The second kappa shape index (κ2) is 35.8. The molecule has 0 aliphatic carbocycles. The molecular formula is CH12N4O3. The van der Waals surface area contributed by atoms with Gasteiger partial charge in [0.2, 0.25) is 0 Å². The number of hydrogen-bond donors (Lipinski definition) is 6. The molecule has 0 aromatic carbocycles. The fraction of sp³-hybridized carbons (Fsp3) is 0. The van der Waals surface area contributed by atoms with Crippen molar-refractivity contribution in [3.63, 3.8) is 0 Å². The third-order valence-electron chi connectivity index (χ3n) is 0. The molecular weight excluding hydrogens is 116 g/mol. The van der Waals surface area contributed by atoms with Gasteiger partial charge in [0.1, 0.15) is 0 Å². The first kappa shape index (κ1) is 27.4. The maximum absolute atomic E-state index is 8.56. The van der Waals surface area contributed by atoms with Crippen LogP contribution in [0.5, 0.6) is 0 Å². The molecule has 0 amide bonds. The van der Waals surface area contributed by atoms with Crippen LogP contribution in [0.1, 0.15) is 0 Å². The number of rotatable bonds is 0. The predicted molar refractivity (Wildman–Crippen MR) is 29.1 cm³/mol. The summed E-state index contributed by atoms with van der Waals surface area (Å²) in [7, 11) is 0. The van der Waals surface area contributed by atoms with Gasteiger partial charge in [0.15, 0.2) is 0 Å². The van der Waals surface area contributed by atoms with Gasteiger partial charge in [0, 0.05) is 0 Å². The van der Waals surface area contributed by atoms with Crippen LogP contribution < -0.4 is 24.0 Å². The summed E-state index contributed by atoms with van der Waals surface area (Å²) in [6.07, 6.45) is -1.83. The van der Waals surface area contributed by atoms with E-state index in [1.807, 2.05) is 0 Å². The van der Waals surface area contributed by atoms with E-state index in [1.165, 1.54) is 0 Å². The Morgan fingerprint density at radius 2 is 1.12 bits per heavy atom. The molecule has 0 bridgehead atoms. The summed E-state index contributed by atoms with van der Waals surface area (Å²) in [5.74, 6) is 8.00. The Morgan fingerprint density at radius 3 is 1.12 bits per heavy atom. The summed E-state index contributed by atoms with van der Waals surface area (Å²) in [5, 5.41) is 13.9. The van der Waals surface area contributed by atoms with Crippen LogP contribution in [-0.2, 0) is 0 Å². The second-order valence-corrected chi connectivity index (χ2v) is 0.283. The summed E-state index contributed by atoms with van der Waals surface area (Å²) >= 11 is 0. The average molecular weight is 128 g/mol. The topological polar surface area (TPSA) is 180 Å². The lowest BCUT2D eigenvalue weighted by Crippen LogP contribution is -2.02. The van der Waals surface area contributed by atoms with Gasteiger partial charge in [0.25, 0.3) is 0 Å². The van der Waals surface area contributed by atoms with Gasteiger partial charge in [0.05, 0.1) is 0 Å². The van der Waals surface area contributed by atoms with E-state index in [1.54, 1.807) is 0 Å². The quantitative estimate of drug-likeness (QED) is 0.185. The van der Waals surface area contributed by atoms with Gasteiger partial charge in [-0.2, -0.15) is 0 Å². The first-order valence-electron chi connectivity index (χ1n) is 0.985. The average Bonchev–Trinajstić information content (AvgIpc) is 1.41. The summed E-state index contributed by atoms with van der Waals surface area (Å²) < 4.78 is 0. The van der Waals surface area contributed by atoms with Crippen molar-refractivity contribution in [3.8, 4) is 0 Å². The predicted octanol–water partition coefficient (Wildman–Crippen LogP) is -0.635. The Kier molecular flexibility index (Phi) is 123. The minimum Gasteiger partial charge on any atom is -0.450 e. The summed E-state index contributed by atoms with van der Waals surface area (Å²) in [4.78, 5) is 8.56. The Bertz CT molecular complexity index is 34.3. The van der Waals surface area contributed by atoms with E-state index in [2.05, 4.69) is 11.7 Å². The smallest absolute Gasteiger partial charge is 0.450 e. The Labute approximate surface area is 46.4 Å². The van der Waals surface area contributed by atoms with E-state index >= 15 is 0 Å². The van der Waals surface area contributed by atoms with Crippen LogP contribution in [0.4, 0.5) is 4.79 Å². The molecule has 54 valence electrons. The highest BCUT2D eigenvalue weighted by atomic mass is 16.6. The van der Waals surface area contributed by atoms with Crippen molar-refractivity contribution in [2.24, 2.45) is 11.7 Å². The van der Waals surface area contributed by atoms with E-state index in [0.717, 1.165) is 0 Å². The number of hydrazine groups is 1. The highest BCUT2D eigenvalue weighted by Gasteiger charge is 1.70. The monoisotopic (exact) mass is 128 g/mol. The van der Waals surface area contributed by atoms with Crippen molar-refractivity contribution in [2.75, 3.05) is 0 Å². The first-order valence-corrected chi connectivity index (χ1v) is 0.985. The Balaban J connectivity index is -0.0000000183. The van der Waals surface area contributed by atoms with Crippen molar-refractivity contribution in [1.82, 2.24) is 12.3 Å². The highest BCUT2D eigenvalue weighted by Crippen LogP contribution is 1.42. The Morgan fingerprint density at radius 1 is 1.12 bits per heavy atom. The first-order chi connectivity index (χ1) is 2.73. The fourth-order valence-corrected chi connectivity index (χ4v) is 0. The molecule has 0 aliphatic heterocycles. The van der Waals surface area contributed by atoms with Crippen LogP contribution in [0.3, 0.4) is 0 Å². The van der Waals surface area contributed by atoms with Crippen molar-refractivity contribution in [2.45, 2.75) is 0 Å². The standard InChI is InChI=1S/CH2O3.H4N2.2H3N/c2-1(3)4;1-2;;/h(H2,2,3,4);1-2H2;2*1H3. The van der Waals surface area contributed by atoms with Gasteiger partial charge >= 0.3 is 6.16 Å². The van der Waals surface area contributed by atoms with E-state index in [4.69, 9.17) is 15.0 Å². The molecule has 0 saturated heterocycles. The third-order valence-corrected chi connectivity index (χ3v) is 0. The minimum absolute atomic E-state index is 0. The lowest BCUT2D eigenvalue weighted by atomic mass is 11.5. The molecule has 0 atom stereocenters. The van der Waals surface area contributed by atoms with E-state index < -0.39 is 6.16 Å². The molecule has 0 radical (unpaired) electrons. The number of carbonyl (C=O) groups is 1. The van der Waals surface area contributed by atoms with Gasteiger partial charge in [-0.1, -0.05) is 0 Å². The molecule has 0 spiro atoms. The van der Waals surface area contributed by atoms with Crippen molar-refractivity contribution in [3.05, 3.63) is 0 Å². The molecule has 0 unspecified atom stereocenters. The van der Waals surface area contributed by atoms with Gasteiger partial charge in [-0.15, -0.1) is 0 Å². The van der Waals surface area contributed by atoms with Crippen LogP contribution in [0.2, 0.25) is 0 Å². The maximum atomic E-state index is 8.56. The molecule has 0 aliphatic rings. The zero-order valence-corrected chi connectivity index (χ0v) is 4.37. The number of hydrogen-bond acceptors (Lipinski definition) is 5. The molecule has 12 N–H and O–H groups in total. The normalized spacial score (nSPS) is 3.75. The zero-order valence-electron chi connectivity index (χ0n) is 4.37. The van der Waals surface area contributed by atoms with Gasteiger partial charge < -0.3 is 22.5 Å². The molecule has 7 heteroatoms. The van der Waals surface area contributed by atoms with Crippen molar-refractivity contribution in [1.29, 1.82) is 0 Å². The molecule has 8 heavy (non-hydrogen) atoms. The molecule has 7 nitrogen and oxygen atoms in total. The van der Waals surface area contributed by atoms with Crippen LogP contribution in [0, 0.1) is 0 Å². The zero-order chi connectivity index (χ0) is 5.58. The third kappa shape index (κ3) is 109. The summed E-state index contributed by atoms with van der Waals surface area (Å²) in [6.45, 7) is 0. The van der Waals surface area contributed by atoms with Crippen molar-refractivity contribution < 1.29 is 15.0 Å². The van der Waals surface area contributed by atoms with Gasteiger partial charge in [-0.3, -0.25) is 11.7 Å². The SMILES string of the molecule is N.N.NN.O=C(O)O. The lowest BCUT2D eigenvalue weighted by molar-refractivity contribution is 0.137.